The van der Waals surface area contributed by atoms with Gasteiger partial charge >= 0.3 is 0 Å². The van der Waals surface area contributed by atoms with E-state index in [9.17, 15) is 17.6 Å². The number of hydrogen-bond acceptors (Lipinski definition) is 6. The molecule has 11 heteroatoms. The van der Waals surface area contributed by atoms with Crippen LogP contribution in [0.2, 0.25) is 0 Å². The van der Waals surface area contributed by atoms with Crippen LogP contribution in [-0.4, -0.2) is 33.1 Å². The van der Waals surface area contributed by atoms with Gasteiger partial charge in [0.1, 0.15) is 18.2 Å². The predicted octanol–water partition coefficient (Wildman–Crippen LogP) is 3.54. The molecule has 1 atom stereocenters. The van der Waals surface area contributed by atoms with Crippen LogP contribution in [0.5, 0.6) is 0 Å². The van der Waals surface area contributed by atoms with E-state index in [-0.39, 0.29) is 21.8 Å². The predicted molar refractivity (Wildman–Crippen MR) is 118 cm³/mol. The van der Waals surface area contributed by atoms with Crippen LogP contribution >= 0.6 is 11.5 Å². The first kappa shape index (κ1) is 20.6. The summed E-state index contributed by atoms with van der Waals surface area (Å²) in [4.78, 5) is 18.8. The quantitative estimate of drug-likeness (QED) is 0.480. The van der Waals surface area contributed by atoms with Crippen molar-refractivity contribution in [1.82, 2.24) is 18.8 Å². The van der Waals surface area contributed by atoms with Crippen molar-refractivity contribution in [3.05, 3.63) is 71.9 Å². The summed E-state index contributed by atoms with van der Waals surface area (Å²) in [6.07, 6.45) is 2.99. The molecule has 0 radical (unpaired) electrons. The Balaban J connectivity index is 1.36. The van der Waals surface area contributed by atoms with E-state index in [0.29, 0.717) is 24.0 Å². The first-order valence-electron chi connectivity index (χ1n) is 9.78. The molecule has 0 bridgehead atoms. The molecule has 1 aliphatic heterocycles. The van der Waals surface area contributed by atoms with Crippen molar-refractivity contribution < 1.29 is 17.6 Å². The second-order valence-electron chi connectivity index (χ2n) is 7.55. The maximum Gasteiger partial charge on any atom is 0.263 e. The first-order chi connectivity index (χ1) is 15.3. The van der Waals surface area contributed by atoms with Crippen molar-refractivity contribution >= 4 is 43.5 Å². The summed E-state index contributed by atoms with van der Waals surface area (Å²) in [6, 6.07) is 10.7. The van der Waals surface area contributed by atoms with Crippen LogP contribution in [0.3, 0.4) is 0 Å². The van der Waals surface area contributed by atoms with Gasteiger partial charge < -0.3 is 9.47 Å². The molecule has 1 amide bonds. The van der Waals surface area contributed by atoms with Crippen LogP contribution in [0.4, 0.5) is 9.52 Å². The maximum atomic E-state index is 14.0. The number of rotatable bonds is 5. The van der Waals surface area contributed by atoms with E-state index in [2.05, 4.69) is 14.1 Å². The number of sulfonamides is 1. The number of anilines is 1. The van der Waals surface area contributed by atoms with Gasteiger partial charge in [-0.1, -0.05) is 12.1 Å². The van der Waals surface area contributed by atoms with Gasteiger partial charge in [-0.2, -0.15) is 4.37 Å². The largest absolute Gasteiger partial charge is 0.335 e. The van der Waals surface area contributed by atoms with E-state index in [4.69, 9.17) is 0 Å². The number of nitrogens with zero attached hydrogens (tertiary/aromatic N) is 4. The Hall–Kier alpha value is -3.31. The van der Waals surface area contributed by atoms with Crippen LogP contribution < -0.4 is 4.72 Å². The van der Waals surface area contributed by atoms with Gasteiger partial charge in [0.25, 0.3) is 10.0 Å². The van der Waals surface area contributed by atoms with Crippen molar-refractivity contribution in [2.75, 3.05) is 4.72 Å². The molecule has 1 N–H and O–H groups in total. The fourth-order valence-electron chi connectivity index (χ4n) is 3.96. The molecule has 0 unspecified atom stereocenters. The van der Waals surface area contributed by atoms with Crippen molar-refractivity contribution in [2.24, 2.45) is 0 Å². The fraction of sp³-hybridized carbons (Fsp3) is 0.190. The molecule has 8 nitrogen and oxygen atoms in total. The minimum atomic E-state index is -3.81. The molecule has 5 rings (SSSR count). The number of carbonyl (C=O) groups is 1. The second-order valence-corrected chi connectivity index (χ2v) is 10.0. The summed E-state index contributed by atoms with van der Waals surface area (Å²) in [6.45, 7) is 2.46. The van der Waals surface area contributed by atoms with Gasteiger partial charge in [-0.15, -0.1) is 0 Å². The Morgan fingerprint density at radius 1 is 1.19 bits per heavy atom. The summed E-state index contributed by atoms with van der Waals surface area (Å²) < 4.78 is 47.3. The Kier molecular flexibility index (Phi) is 4.94. The van der Waals surface area contributed by atoms with E-state index in [1.54, 1.807) is 52.9 Å². The highest BCUT2D eigenvalue weighted by Crippen LogP contribution is 2.30. The maximum absolute atomic E-state index is 14.0. The summed E-state index contributed by atoms with van der Waals surface area (Å²) in [5.41, 5.74) is 2.32. The molecule has 164 valence electrons. The van der Waals surface area contributed by atoms with Crippen LogP contribution in [0, 0.1) is 5.82 Å². The van der Waals surface area contributed by atoms with Gasteiger partial charge in [0.05, 0.1) is 10.4 Å². The summed E-state index contributed by atoms with van der Waals surface area (Å²) in [5.74, 6) is -0.454. The molecule has 0 aliphatic carbocycles. The van der Waals surface area contributed by atoms with Crippen LogP contribution in [0.15, 0.2) is 59.9 Å². The molecule has 2 aromatic heterocycles. The highest BCUT2D eigenvalue weighted by Gasteiger charge is 2.29. The number of aromatic nitrogens is 3. The Morgan fingerprint density at radius 2 is 2.00 bits per heavy atom. The van der Waals surface area contributed by atoms with Crippen molar-refractivity contribution in [1.29, 1.82) is 0 Å². The number of carbonyl (C=O) groups excluding carboxylic acids is 1. The highest BCUT2D eigenvalue weighted by atomic mass is 32.2. The number of benzene rings is 2. The number of fused-ring (bicyclic) bond motifs is 2. The third-order valence-corrected chi connectivity index (χ3v) is 7.64. The van der Waals surface area contributed by atoms with E-state index in [1.165, 1.54) is 18.5 Å². The molecule has 2 aromatic carbocycles. The molecule has 1 aliphatic rings. The minimum Gasteiger partial charge on any atom is -0.335 e. The number of halogens is 1. The molecule has 3 heterocycles. The van der Waals surface area contributed by atoms with Gasteiger partial charge in [-0.05, 0) is 48.4 Å². The Bertz CT molecular complexity index is 1430. The first-order valence-corrected chi connectivity index (χ1v) is 12.0. The van der Waals surface area contributed by atoms with Gasteiger partial charge in [-0.3, -0.25) is 9.52 Å². The molecular formula is C21H18FN5O3S2. The van der Waals surface area contributed by atoms with Crippen LogP contribution in [-0.2, 0) is 27.9 Å². The highest BCUT2D eigenvalue weighted by molar-refractivity contribution is 7.93. The Morgan fingerprint density at radius 3 is 2.78 bits per heavy atom. The van der Waals surface area contributed by atoms with Gasteiger partial charge in [0.15, 0.2) is 0 Å². The monoisotopic (exact) mass is 471 g/mol. The lowest BCUT2D eigenvalue weighted by Crippen LogP contribution is -2.32. The number of nitrogens with one attached hydrogen (secondary N) is 1. The average Bonchev–Trinajstić information content (AvgIpc) is 3.51. The molecule has 0 spiro atoms. The minimum absolute atomic E-state index is 0.0978. The second kappa shape index (κ2) is 7.68. The molecule has 0 saturated heterocycles. The molecule has 4 aromatic rings. The summed E-state index contributed by atoms with van der Waals surface area (Å²) in [5, 5.41) is 0.654. The standard InChI is InChI=1S/C21H18FN5O3S2/c1-13(27-8-7-17-18(22)3-2-4-19(17)27)20(28)26-10-14-5-6-16(9-15(14)11-26)32(29,30)25-21-23-12-24-31-21/h2-9,12-13H,10-11H2,1H3,(H,23,24,25)/t13-/m1/s1. The topological polar surface area (TPSA) is 97.2 Å². The third-order valence-electron chi connectivity index (χ3n) is 5.59. The lowest BCUT2D eigenvalue weighted by atomic mass is 10.1. The van der Waals surface area contributed by atoms with Crippen LogP contribution in [0.25, 0.3) is 10.9 Å². The van der Waals surface area contributed by atoms with Crippen LogP contribution in [0.1, 0.15) is 24.1 Å². The zero-order chi connectivity index (χ0) is 22.5. The normalized spacial score (nSPS) is 14.5. The number of amides is 1. The van der Waals surface area contributed by atoms with E-state index in [0.717, 1.165) is 22.7 Å². The SMILES string of the molecule is C[C@H](C(=O)N1Cc2ccc(S(=O)(=O)Nc3ncns3)cc2C1)n1ccc2c(F)cccc21. The van der Waals surface area contributed by atoms with Gasteiger partial charge in [0, 0.05) is 36.2 Å². The van der Waals surface area contributed by atoms with E-state index in [1.807, 2.05) is 0 Å². The van der Waals surface area contributed by atoms with Gasteiger partial charge in [-0.25, -0.2) is 17.8 Å². The molecule has 32 heavy (non-hydrogen) atoms. The summed E-state index contributed by atoms with van der Waals surface area (Å²) >= 11 is 0.948. The molecule has 0 fully saturated rings. The lowest BCUT2D eigenvalue weighted by molar-refractivity contribution is -0.134. The van der Waals surface area contributed by atoms with Crippen molar-refractivity contribution in [3.8, 4) is 0 Å². The molecule has 0 saturated carbocycles. The smallest absolute Gasteiger partial charge is 0.263 e. The van der Waals surface area contributed by atoms with Gasteiger partial charge in [0.2, 0.25) is 11.0 Å². The van der Waals surface area contributed by atoms with E-state index >= 15 is 0 Å². The summed E-state index contributed by atoms with van der Waals surface area (Å²) in [7, 11) is -3.81. The number of hydrogen-bond donors (Lipinski definition) is 1. The lowest BCUT2D eigenvalue weighted by Gasteiger charge is -2.22. The van der Waals surface area contributed by atoms with Crippen molar-refractivity contribution in [3.63, 3.8) is 0 Å². The zero-order valence-electron chi connectivity index (χ0n) is 16.9. The average molecular weight is 472 g/mol. The Labute approximate surface area is 187 Å². The van der Waals surface area contributed by atoms with E-state index < -0.39 is 16.1 Å². The van der Waals surface area contributed by atoms with Crippen molar-refractivity contribution in [2.45, 2.75) is 31.0 Å². The zero-order valence-corrected chi connectivity index (χ0v) is 18.5. The third kappa shape index (κ3) is 3.53. The molecular weight excluding hydrogens is 453 g/mol. The fourth-order valence-corrected chi connectivity index (χ4v) is 5.67.